The monoisotopic (exact) mass is 302 g/mol. The van der Waals surface area contributed by atoms with E-state index in [1.807, 2.05) is 78.4 Å². The molecule has 0 spiro atoms. The van der Waals surface area contributed by atoms with E-state index in [9.17, 15) is 4.79 Å². The minimum atomic E-state index is -0.212. The quantitative estimate of drug-likeness (QED) is 0.728. The molecule has 1 amide bonds. The molecule has 3 aromatic rings. The Kier molecular flexibility index (Phi) is 4.48. The summed E-state index contributed by atoms with van der Waals surface area (Å²) in [5, 5.41) is 0. The Morgan fingerprint density at radius 2 is 1.61 bits per heavy atom. The van der Waals surface area contributed by atoms with E-state index in [0.717, 1.165) is 5.56 Å². The summed E-state index contributed by atoms with van der Waals surface area (Å²) >= 11 is 0. The number of carbonyl (C=O) groups is 1. The maximum atomic E-state index is 12.5. The second kappa shape index (κ2) is 6.88. The van der Waals surface area contributed by atoms with E-state index in [1.165, 1.54) is 5.56 Å². The lowest BCUT2D eigenvalue weighted by Gasteiger charge is -2.07. The van der Waals surface area contributed by atoms with Crippen LogP contribution >= 0.6 is 0 Å². The van der Waals surface area contributed by atoms with Crippen molar-refractivity contribution in [2.45, 2.75) is 13.5 Å². The van der Waals surface area contributed by atoms with Gasteiger partial charge in [-0.15, -0.1) is 0 Å². The first kappa shape index (κ1) is 15.0. The molecule has 3 nitrogen and oxygen atoms in total. The van der Waals surface area contributed by atoms with E-state index in [-0.39, 0.29) is 5.91 Å². The van der Waals surface area contributed by atoms with Crippen LogP contribution in [-0.2, 0) is 6.54 Å². The lowest BCUT2D eigenvalue weighted by atomic mass is 10.1. The van der Waals surface area contributed by atoms with Crippen LogP contribution in [-0.4, -0.2) is 10.5 Å². The zero-order chi connectivity index (χ0) is 16.1. The highest BCUT2D eigenvalue weighted by Gasteiger charge is 2.06. The SMILES string of the molecule is Cc1ccccc1C(=O)N=c1ccccn1Cc1ccccc1. The first-order chi connectivity index (χ1) is 11.2. The summed E-state index contributed by atoms with van der Waals surface area (Å²) in [4.78, 5) is 16.8. The van der Waals surface area contributed by atoms with Crippen LogP contribution in [0.5, 0.6) is 0 Å². The van der Waals surface area contributed by atoms with Gasteiger partial charge in [0, 0.05) is 18.3 Å². The number of rotatable bonds is 3. The maximum Gasteiger partial charge on any atom is 0.279 e. The van der Waals surface area contributed by atoms with Crippen LogP contribution in [0.1, 0.15) is 21.5 Å². The number of aryl methyl sites for hydroxylation is 1. The van der Waals surface area contributed by atoms with Crippen molar-refractivity contribution in [3.05, 3.63) is 101 Å². The lowest BCUT2D eigenvalue weighted by Crippen LogP contribution is -2.22. The normalized spacial score (nSPS) is 11.4. The summed E-state index contributed by atoms with van der Waals surface area (Å²) in [5.74, 6) is -0.212. The second-order valence-electron chi connectivity index (χ2n) is 5.40. The van der Waals surface area contributed by atoms with E-state index in [1.54, 1.807) is 0 Å². The largest absolute Gasteiger partial charge is 0.328 e. The highest BCUT2D eigenvalue weighted by Crippen LogP contribution is 2.08. The minimum Gasteiger partial charge on any atom is -0.328 e. The Balaban J connectivity index is 1.97. The van der Waals surface area contributed by atoms with Gasteiger partial charge in [0.1, 0.15) is 5.49 Å². The van der Waals surface area contributed by atoms with E-state index in [0.29, 0.717) is 17.6 Å². The van der Waals surface area contributed by atoms with Crippen LogP contribution in [0.15, 0.2) is 84.0 Å². The van der Waals surface area contributed by atoms with Crippen LogP contribution < -0.4 is 5.49 Å². The van der Waals surface area contributed by atoms with Gasteiger partial charge >= 0.3 is 0 Å². The zero-order valence-corrected chi connectivity index (χ0v) is 13.0. The number of nitrogens with zero attached hydrogens (tertiary/aromatic N) is 2. The van der Waals surface area contributed by atoms with Gasteiger partial charge in [-0.1, -0.05) is 54.6 Å². The van der Waals surface area contributed by atoms with Crippen molar-refractivity contribution in [2.24, 2.45) is 4.99 Å². The molecule has 2 aromatic carbocycles. The van der Waals surface area contributed by atoms with E-state index in [2.05, 4.69) is 17.1 Å². The van der Waals surface area contributed by atoms with E-state index >= 15 is 0 Å². The highest BCUT2D eigenvalue weighted by molar-refractivity contribution is 5.96. The average molecular weight is 302 g/mol. The third kappa shape index (κ3) is 3.64. The van der Waals surface area contributed by atoms with Crippen molar-refractivity contribution in [1.82, 2.24) is 4.57 Å². The number of hydrogen-bond acceptors (Lipinski definition) is 1. The fraction of sp³-hybridized carbons (Fsp3) is 0.100. The molecule has 114 valence electrons. The Labute approximate surface area is 135 Å². The Bertz CT molecular complexity index is 879. The Morgan fingerprint density at radius 1 is 0.913 bits per heavy atom. The van der Waals surface area contributed by atoms with Crippen molar-refractivity contribution >= 4 is 5.91 Å². The number of hydrogen-bond donors (Lipinski definition) is 0. The van der Waals surface area contributed by atoms with Gasteiger partial charge in [0.05, 0.1) is 0 Å². The van der Waals surface area contributed by atoms with Crippen molar-refractivity contribution in [3.8, 4) is 0 Å². The molecule has 0 aliphatic rings. The molecular weight excluding hydrogens is 284 g/mol. The fourth-order valence-electron chi connectivity index (χ4n) is 2.46. The number of carbonyl (C=O) groups excluding carboxylic acids is 1. The first-order valence-corrected chi connectivity index (χ1v) is 7.58. The Morgan fingerprint density at radius 3 is 2.39 bits per heavy atom. The van der Waals surface area contributed by atoms with Gasteiger partial charge in [-0.25, -0.2) is 0 Å². The molecule has 3 heteroatoms. The molecule has 0 unspecified atom stereocenters. The van der Waals surface area contributed by atoms with Gasteiger partial charge in [-0.3, -0.25) is 4.79 Å². The van der Waals surface area contributed by atoms with Gasteiger partial charge in [-0.05, 0) is 36.2 Å². The highest BCUT2D eigenvalue weighted by atomic mass is 16.1. The lowest BCUT2D eigenvalue weighted by molar-refractivity contribution is 0.0996. The molecule has 0 aliphatic heterocycles. The van der Waals surface area contributed by atoms with Gasteiger partial charge in [0.25, 0.3) is 5.91 Å². The molecule has 0 N–H and O–H groups in total. The summed E-state index contributed by atoms with van der Waals surface area (Å²) in [5.41, 5.74) is 3.41. The molecule has 23 heavy (non-hydrogen) atoms. The standard InChI is InChI=1S/C20H18N2O/c1-16-9-5-6-12-18(16)20(23)21-19-13-7-8-14-22(19)15-17-10-3-2-4-11-17/h2-14H,15H2,1H3. The van der Waals surface area contributed by atoms with Gasteiger partial charge in [0.2, 0.25) is 0 Å². The molecule has 0 saturated heterocycles. The summed E-state index contributed by atoms with van der Waals surface area (Å²) in [6, 6.07) is 23.3. The molecule has 0 radical (unpaired) electrons. The topological polar surface area (TPSA) is 34.4 Å². The maximum absolute atomic E-state index is 12.5. The van der Waals surface area contributed by atoms with Gasteiger partial charge in [0.15, 0.2) is 0 Å². The molecule has 1 heterocycles. The van der Waals surface area contributed by atoms with Gasteiger partial charge in [-0.2, -0.15) is 4.99 Å². The number of pyridine rings is 1. The third-order valence-corrected chi connectivity index (χ3v) is 3.70. The minimum absolute atomic E-state index is 0.212. The summed E-state index contributed by atoms with van der Waals surface area (Å²) in [6.45, 7) is 2.60. The molecular formula is C20H18N2O. The van der Waals surface area contributed by atoms with Crippen LogP contribution in [0.4, 0.5) is 0 Å². The van der Waals surface area contributed by atoms with Crippen LogP contribution in [0.3, 0.4) is 0 Å². The number of aromatic nitrogens is 1. The van der Waals surface area contributed by atoms with Crippen molar-refractivity contribution in [3.63, 3.8) is 0 Å². The predicted octanol–water partition coefficient (Wildman–Crippen LogP) is 3.59. The molecule has 0 bridgehead atoms. The smallest absolute Gasteiger partial charge is 0.279 e. The van der Waals surface area contributed by atoms with Crippen molar-refractivity contribution < 1.29 is 4.79 Å². The number of benzene rings is 2. The molecule has 3 rings (SSSR count). The van der Waals surface area contributed by atoms with Crippen molar-refractivity contribution in [2.75, 3.05) is 0 Å². The van der Waals surface area contributed by atoms with Crippen LogP contribution in [0.2, 0.25) is 0 Å². The molecule has 0 aliphatic carbocycles. The number of amides is 1. The molecule has 0 saturated carbocycles. The molecule has 0 atom stereocenters. The summed E-state index contributed by atoms with van der Waals surface area (Å²) < 4.78 is 1.98. The average Bonchev–Trinajstić information content (AvgIpc) is 2.58. The van der Waals surface area contributed by atoms with Gasteiger partial charge < -0.3 is 4.57 Å². The zero-order valence-electron chi connectivity index (χ0n) is 13.0. The van der Waals surface area contributed by atoms with Crippen LogP contribution in [0.25, 0.3) is 0 Å². The molecule has 1 aromatic heterocycles. The third-order valence-electron chi connectivity index (χ3n) is 3.70. The summed E-state index contributed by atoms with van der Waals surface area (Å²) in [7, 11) is 0. The fourth-order valence-corrected chi connectivity index (χ4v) is 2.46. The predicted molar refractivity (Wildman–Crippen MR) is 91.0 cm³/mol. The van der Waals surface area contributed by atoms with Crippen LogP contribution in [0, 0.1) is 6.92 Å². The second-order valence-corrected chi connectivity index (χ2v) is 5.40. The molecule has 0 fully saturated rings. The Hall–Kier alpha value is -2.94. The van der Waals surface area contributed by atoms with E-state index in [4.69, 9.17) is 0 Å². The van der Waals surface area contributed by atoms with E-state index < -0.39 is 0 Å². The summed E-state index contributed by atoms with van der Waals surface area (Å²) in [6.07, 6.45) is 1.94. The first-order valence-electron chi connectivity index (χ1n) is 7.58. The van der Waals surface area contributed by atoms with Crippen molar-refractivity contribution in [1.29, 1.82) is 0 Å².